The van der Waals surface area contributed by atoms with Crippen molar-refractivity contribution in [2.75, 3.05) is 23.4 Å². The molecule has 0 fully saturated rings. The summed E-state index contributed by atoms with van der Waals surface area (Å²) in [6.45, 7) is 3.79. The third-order valence-corrected chi connectivity index (χ3v) is 2.80. The molecule has 1 aromatic heterocycles. The van der Waals surface area contributed by atoms with Gasteiger partial charge in [-0.3, -0.25) is 9.89 Å². The van der Waals surface area contributed by atoms with Crippen LogP contribution in [0.15, 0.2) is 0 Å². The Hall–Kier alpha value is -1.01. The van der Waals surface area contributed by atoms with Gasteiger partial charge in [-0.15, -0.1) is 11.8 Å². The number of nitrogens with zero attached hydrogens (tertiary/aromatic N) is 1. The lowest BCUT2D eigenvalue weighted by Crippen LogP contribution is -2.15. The first-order chi connectivity index (χ1) is 7.15. The second-order valence-corrected chi connectivity index (χ2v) is 4.24. The maximum atomic E-state index is 11.4. The molecule has 84 valence electrons. The summed E-state index contributed by atoms with van der Waals surface area (Å²) in [5, 5.41) is 18.1. The van der Waals surface area contributed by atoms with Gasteiger partial charge < -0.3 is 10.4 Å². The van der Waals surface area contributed by atoms with E-state index in [2.05, 4.69) is 15.5 Å². The number of hydrogen-bond acceptors (Lipinski definition) is 4. The van der Waals surface area contributed by atoms with Crippen molar-refractivity contribution >= 4 is 23.4 Å². The Labute approximate surface area is 92.6 Å². The van der Waals surface area contributed by atoms with Crippen molar-refractivity contribution in [2.45, 2.75) is 13.8 Å². The number of thioether (sulfide) groups is 1. The second-order valence-electron chi connectivity index (χ2n) is 3.13. The average molecular weight is 229 g/mol. The molecule has 0 atom stereocenters. The Morgan fingerprint density at radius 3 is 2.87 bits per heavy atom. The van der Waals surface area contributed by atoms with Gasteiger partial charge in [0.25, 0.3) is 0 Å². The molecule has 1 rings (SSSR count). The van der Waals surface area contributed by atoms with E-state index >= 15 is 0 Å². The number of aliphatic hydroxyl groups is 1. The zero-order valence-electron chi connectivity index (χ0n) is 8.83. The first-order valence-corrected chi connectivity index (χ1v) is 5.80. The molecule has 0 unspecified atom stereocenters. The molecular formula is C9H15N3O2S. The van der Waals surface area contributed by atoms with Crippen molar-refractivity contribution in [1.29, 1.82) is 0 Å². The summed E-state index contributed by atoms with van der Waals surface area (Å²) >= 11 is 1.40. The Balaban J connectivity index is 2.44. The Kier molecular flexibility index (Phi) is 4.64. The Morgan fingerprint density at radius 2 is 2.33 bits per heavy atom. The van der Waals surface area contributed by atoms with E-state index in [0.717, 1.165) is 17.1 Å². The monoisotopic (exact) mass is 229 g/mol. The van der Waals surface area contributed by atoms with Crippen molar-refractivity contribution in [2.24, 2.45) is 0 Å². The molecule has 0 radical (unpaired) electrons. The highest BCUT2D eigenvalue weighted by molar-refractivity contribution is 7.99. The number of carbonyl (C=O) groups excluding carboxylic acids is 1. The van der Waals surface area contributed by atoms with E-state index in [1.165, 1.54) is 11.8 Å². The molecule has 0 aliphatic heterocycles. The average Bonchev–Trinajstić information content (AvgIpc) is 2.50. The maximum Gasteiger partial charge on any atom is 0.234 e. The third kappa shape index (κ3) is 3.56. The summed E-state index contributed by atoms with van der Waals surface area (Å²) in [7, 11) is 0. The van der Waals surface area contributed by atoms with Gasteiger partial charge in [0.1, 0.15) is 0 Å². The van der Waals surface area contributed by atoms with E-state index in [9.17, 15) is 4.79 Å². The van der Waals surface area contributed by atoms with Crippen LogP contribution in [0.25, 0.3) is 0 Å². The van der Waals surface area contributed by atoms with Crippen LogP contribution in [0.3, 0.4) is 0 Å². The first-order valence-electron chi connectivity index (χ1n) is 4.65. The van der Waals surface area contributed by atoms with Gasteiger partial charge in [-0.2, -0.15) is 5.10 Å². The standard InChI is InChI=1S/C9H15N3O2S/c1-6-9(7(2)12-11-6)10-8(14)5-15-4-3-13/h13H,3-5H2,1-2H3,(H,10,14)(H,11,12). The number of rotatable bonds is 5. The molecule has 0 saturated carbocycles. The number of aromatic nitrogens is 2. The molecule has 5 nitrogen and oxygen atoms in total. The van der Waals surface area contributed by atoms with Crippen molar-refractivity contribution in [3.8, 4) is 0 Å². The summed E-state index contributed by atoms with van der Waals surface area (Å²) < 4.78 is 0. The molecule has 0 bridgehead atoms. The zero-order chi connectivity index (χ0) is 11.3. The molecule has 6 heteroatoms. The van der Waals surface area contributed by atoms with Gasteiger partial charge in [-0.1, -0.05) is 0 Å². The fourth-order valence-corrected chi connectivity index (χ4v) is 1.67. The van der Waals surface area contributed by atoms with Crippen LogP contribution in [0.1, 0.15) is 11.4 Å². The number of H-pyrrole nitrogens is 1. The third-order valence-electron chi connectivity index (χ3n) is 1.86. The minimum absolute atomic E-state index is 0.0685. The van der Waals surface area contributed by atoms with Crippen LogP contribution in [0.5, 0.6) is 0 Å². The summed E-state index contributed by atoms with van der Waals surface area (Å²) in [4.78, 5) is 11.4. The number of nitrogens with one attached hydrogen (secondary N) is 2. The van der Waals surface area contributed by atoms with E-state index < -0.39 is 0 Å². The number of aliphatic hydroxyl groups excluding tert-OH is 1. The molecule has 0 spiro atoms. The lowest BCUT2D eigenvalue weighted by Gasteiger charge is -2.04. The van der Waals surface area contributed by atoms with Crippen LogP contribution < -0.4 is 5.32 Å². The van der Waals surface area contributed by atoms with Crippen LogP contribution >= 0.6 is 11.8 Å². The Morgan fingerprint density at radius 1 is 1.60 bits per heavy atom. The van der Waals surface area contributed by atoms with E-state index in [1.807, 2.05) is 13.8 Å². The van der Waals surface area contributed by atoms with Gasteiger partial charge in [0.05, 0.1) is 29.4 Å². The fraction of sp³-hybridized carbons (Fsp3) is 0.556. The molecule has 1 heterocycles. The lowest BCUT2D eigenvalue weighted by molar-refractivity contribution is -0.113. The summed E-state index contributed by atoms with van der Waals surface area (Å²) in [5.74, 6) is 0.863. The predicted octanol–water partition coefficient (Wildman–Crippen LogP) is 0.691. The van der Waals surface area contributed by atoms with Gasteiger partial charge in [0, 0.05) is 5.75 Å². The smallest absolute Gasteiger partial charge is 0.234 e. The highest BCUT2D eigenvalue weighted by atomic mass is 32.2. The van der Waals surface area contributed by atoms with E-state index in [-0.39, 0.29) is 12.5 Å². The van der Waals surface area contributed by atoms with Crippen LogP contribution in [0.4, 0.5) is 5.69 Å². The van der Waals surface area contributed by atoms with E-state index in [1.54, 1.807) is 0 Å². The highest BCUT2D eigenvalue weighted by Crippen LogP contribution is 2.16. The lowest BCUT2D eigenvalue weighted by atomic mass is 10.3. The van der Waals surface area contributed by atoms with E-state index in [0.29, 0.717) is 11.5 Å². The van der Waals surface area contributed by atoms with Gasteiger partial charge in [0.15, 0.2) is 0 Å². The topological polar surface area (TPSA) is 78.0 Å². The summed E-state index contributed by atoms with van der Waals surface area (Å²) in [6, 6.07) is 0. The Bertz CT molecular complexity index is 319. The normalized spacial score (nSPS) is 10.3. The maximum absolute atomic E-state index is 11.4. The molecule has 1 aromatic rings. The van der Waals surface area contributed by atoms with Crippen LogP contribution in [-0.4, -0.2) is 39.3 Å². The molecule has 3 N–H and O–H groups in total. The van der Waals surface area contributed by atoms with Crippen LogP contribution in [0.2, 0.25) is 0 Å². The summed E-state index contributed by atoms with van der Waals surface area (Å²) in [6.07, 6.45) is 0. The largest absolute Gasteiger partial charge is 0.396 e. The van der Waals surface area contributed by atoms with Gasteiger partial charge >= 0.3 is 0 Å². The molecular weight excluding hydrogens is 214 g/mol. The highest BCUT2D eigenvalue weighted by Gasteiger charge is 2.09. The van der Waals surface area contributed by atoms with Gasteiger partial charge in [-0.05, 0) is 13.8 Å². The number of aromatic amines is 1. The number of anilines is 1. The van der Waals surface area contributed by atoms with Crippen molar-refractivity contribution in [3.63, 3.8) is 0 Å². The van der Waals surface area contributed by atoms with E-state index in [4.69, 9.17) is 5.11 Å². The predicted molar refractivity (Wildman–Crippen MR) is 61.1 cm³/mol. The summed E-state index contributed by atoms with van der Waals surface area (Å²) in [5.41, 5.74) is 2.39. The minimum atomic E-state index is -0.0685. The number of hydrogen-bond donors (Lipinski definition) is 3. The molecule has 0 aliphatic rings. The van der Waals surface area contributed by atoms with Crippen LogP contribution in [-0.2, 0) is 4.79 Å². The molecule has 1 amide bonds. The van der Waals surface area contributed by atoms with Crippen molar-refractivity contribution in [1.82, 2.24) is 10.2 Å². The number of aryl methyl sites for hydroxylation is 2. The second kappa shape index (κ2) is 5.77. The number of carbonyl (C=O) groups is 1. The number of amides is 1. The van der Waals surface area contributed by atoms with Crippen molar-refractivity contribution < 1.29 is 9.90 Å². The van der Waals surface area contributed by atoms with Crippen LogP contribution in [0, 0.1) is 13.8 Å². The van der Waals surface area contributed by atoms with Crippen molar-refractivity contribution in [3.05, 3.63) is 11.4 Å². The minimum Gasteiger partial charge on any atom is -0.396 e. The SMILES string of the molecule is Cc1n[nH]c(C)c1NC(=O)CSCCO. The quantitative estimate of drug-likeness (QED) is 0.649. The zero-order valence-corrected chi connectivity index (χ0v) is 9.65. The van der Waals surface area contributed by atoms with Gasteiger partial charge in [0.2, 0.25) is 5.91 Å². The molecule has 0 saturated heterocycles. The van der Waals surface area contributed by atoms with Gasteiger partial charge in [-0.25, -0.2) is 0 Å². The molecule has 0 aromatic carbocycles. The molecule has 0 aliphatic carbocycles. The molecule has 15 heavy (non-hydrogen) atoms. The first kappa shape index (κ1) is 12.1. The fourth-order valence-electron chi connectivity index (χ4n) is 1.14.